The van der Waals surface area contributed by atoms with Crippen molar-refractivity contribution in [2.75, 3.05) is 26.2 Å². The maximum Gasteiger partial charge on any atom is 0.302 e. The van der Waals surface area contributed by atoms with E-state index in [0.717, 1.165) is 18.7 Å². The largest absolute Gasteiger partial charge is 0.465 e. The lowest BCUT2D eigenvalue weighted by Gasteiger charge is -2.38. The summed E-state index contributed by atoms with van der Waals surface area (Å²) >= 11 is 0. The van der Waals surface area contributed by atoms with Crippen LogP contribution in [0.25, 0.3) is 0 Å². The first kappa shape index (κ1) is 15.6. The predicted molar refractivity (Wildman–Crippen MR) is 75.8 cm³/mol. The Kier molecular flexibility index (Phi) is 5.03. The summed E-state index contributed by atoms with van der Waals surface area (Å²) in [4.78, 5) is 27.5. The zero-order chi connectivity index (χ0) is 15.3. The van der Waals surface area contributed by atoms with E-state index >= 15 is 0 Å². The standard InChI is InChI=1S/C15H20N2O4/c1-12(19)21-9-8-17-6-4-15(20,5-7-17)13-2-3-14(11-18)16-10-13/h2-3,10-11,20H,4-9H2,1H3. The van der Waals surface area contributed by atoms with E-state index in [2.05, 4.69) is 9.88 Å². The third-order valence-corrected chi connectivity index (χ3v) is 3.84. The van der Waals surface area contributed by atoms with Gasteiger partial charge in [0.25, 0.3) is 0 Å². The molecular formula is C15H20N2O4. The predicted octanol–water partition coefficient (Wildman–Crippen LogP) is 0.741. The molecule has 0 amide bonds. The smallest absolute Gasteiger partial charge is 0.302 e. The topological polar surface area (TPSA) is 79.7 Å². The van der Waals surface area contributed by atoms with E-state index in [-0.39, 0.29) is 5.97 Å². The number of ether oxygens (including phenoxy) is 1. The van der Waals surface area contributed by atoms with Gasteiger partial charge in [-0.1, -0.05) is 6.07 Å². The highest BCUT2D eigenvalue weighted by Crippen LogP contribution is 2.32. The molecule has 0 aliphatic carbocycles. The fourth-order valence-electron chi connectivity index (χ4n) is 2.50. The molecule has 0 aromatic carbocycles. The van der Waals surface area contributed by atoms with Crippen LogP contribution in [0.3, 0.4) is 0 Å². The molecule has 1 aromatic heterocycles. The van der Waals surface area contributed by atoms with Crippen molar-refractivity contribution in [2.24, 2.45) is 0 Å². The van der Waals surface area contributed by atoms with E-state index in [4.69, 9.17) is 4.74 Å². The van der Waals surface area contributed by atoms with Crippen LogP contribution in [-0.2, 0) is 15.1 Å². The molecule has 6 nitrogen and oxygen atoms in total. The summed E-state index contributed by atoms with van der Waals surface area (Å²) in [6, 6.07) is 3.37. The van der Waals surface area contributed by atoms with Crippen molar-refractivity contribution in [1.82, 2.24) is 9.88 Å². The van der Waals surface area contributed by atoms with Gasteiger partial charge in [0.1, 0.15) is 12.3 Å². The molecule has 1 aliphatic rings. The van der Waals surface area contributed by atoms with Gasteiger partial charge in [-0.05, 0) is 18.9 Å². The molecule has 6 heteroatoms. The molecule has 1 aromatic rings. The van der Waals surface area contributed by atoms with E-state index in [0.29, 0.717) is 38.0 Å². The number of carbonyl (C=O) groups is 2. The zero-order valence-corrected chi connectivity index (χ0v) is 12.1. The number of esters is 1. The molecular weight excluding hydrogens is 272 g/mol. The first-order valence-corrected chi connectivity index (χ1v) is 7.03. The molecule has 2 heterocycles. The fraction of sp³-hybridized carbons (Fsp3) is 0.533. The zero-order valence-electron chi connectivity index (χ0n) is 12.1. The first-order chi connectivity index (χ1) is 10.0. The number of carbonyl (C=O) groups excluding carboxylic acids is 2. The van der Waals surface area contributed by atoms with Crippen molar-refractivity contribution in [1.29, 1.82) is 0 Å². The van der Waals surface area contributed by atoms with Crippen LogP contribution in [0, 0.1) is 0 Å². The van der Waals surface area contributed by atoms with Crippen LogP contribution >= 0.6 is 0 Å². The molecule has 1 saturated heterocycles. The van der Waals surface area contributed by atoms with E-state index < -0.39 is 5.60 Å². The van der Waals surface area contributed by atoms with Gasteiger partial charge in [-0.15, -0.1) is 0 Å². The Morgan fingerprint density at radius 2 is 2.19 bits per heavy atom. The summed E-state index contributed by atoms with van der Waals surface area (Å²) in [7, 11) is 0. The monoisotopic (exact) mass is 292 g/mol. The Bertz CT molecular complexity index is 493. The molecule has 1 N–H and O–H groups in total. The lowest BCUT2D eigenvalue weighted by Crippen LogP contribution is -2.43. The van der Waals surface area contributed by atoms with Gasteiger partial charge in [-0.2, -0.15) is 0 Å². The van der Waals surface area contributed by atoms with Gasteiger partial charge in [0.15, 0.2) is 6.29 Å². The third-order valence-electron chi connectivity index (χ3n) is 3.84. The second-order valence-electron chi connectivity index (χ2n) is 5.30. The highest BCUT2D eigenvalue weighted by atomic mass is 16.5. The SMILES string of the molecule is CC(=O)OCCN1CCC(O)(c2ccc(C=O)nc2)CC1. The van der Waals surface area contributed by atoms with E-state index in [1.54, 1.807) is 18.3 Å². The Hall–Kier alpha value is -1.79. The van der Waals surface area contributed by atoms with Crippen molar-refractivity contribution >= 4 is 12.3 Å². The van der Waals surface area contributed by atoms with Crippen LogP contribution in [-0.4, -0.2) is 53.5 Å². The summed E-state index contributed by atoms with van der Waals surface area (Å²) in [6.45, 7) is 3.91. The molecule has 1 aliphatic heterocycles. The molecule has 0 atom stereocenters. The normalized spacial score (nSPS) is 18.2. The highest BCUT2D eigenvalue weighted by molar-refractivity contribution is 5.71. The number of nitrogens with zero attached hydrogens (tertiary/aromatic N) is 2. The van der Waals surface area contributed by atoms with Crippen LogP contribution < -0.4 is 0 Å². The first-order valence-electron chi connectivity index (χ1n) is 7.03. The number of piperidine rings is 1. The lowest BCUT2D eigenvalue weighted by atomic mass is 9.85. The van der Waals surface area contributed by atoms with Gasteiger partial charge < -0.3 is 9.84 Å². The summed E-state index contributed by atoms with van der Waals surface area (Å²) in [5, 5.41) is 10.7. The molecule has 0 bridgehead atoms. The minimum absolute atomic E-state index is 0.273. The van der Waals surface area contributed by atoms with Crippen molar-refractivity contribution in [3.63, 3.8) is 0 Å². The average molecular weight is 292 g/mol. The minimum Gasteiger partial charge on any atom is -0.465 e. The molecule has 114 valence electrons. The van der Waals surface area contributed by atoms with Crippen LogP contribution in [0.2, 0.25) is 0 Å². The number of hydrogen-bond donors (Lipinski definition) is 1. The number of rotatable bonds is 5. The summed E-state index contributed by atoms with van der Waals surface area (Å²) in [5.41, 5.74) is 0.209. The average Bonchev–Trinajstić information content (AvgIpc) is 2.49. The van der Waals surface area contributed by atoms with Crippen molar-refractivity contribution in [3.05, 3.63) is 29.6 Å². The summed E-state index contributed by atoms with van der Waals surface area (Å²) in [5.74, 6) is -0.273. The Morgan fingerprint density at radius 3 is 2.71 bits per heavy atom. The molecule has 0 radical (unpaired) electrons. The second-order valence-corrected chi connectivity index (χ2v) is 5.30. The van der Waals surface area contributed by atoms with E-state index in [1.165, 1.54) is 6.92 Å². The maximum absolute atomic E-state index is 10.7. The number of aldehydes is 1. The van der Waals surface area contributed by atoms with Crippen LogP contribution in [0.1, 0.15) is 35.8 Å². The maximum atomic E-state index is 10.7. The van der Waals surface area contributed by atoms with Crippen LogP contribution in [0.15, 0.2) is 18.3 Å². The van der Waals surface area contributed by atoms with Crippen LogP contribution in [0.4, 0.5) is 0 Å². The second kappa shape index (κ2) is 6.78. The van der Waals surface area contributed by atoms with Gasteiger partial charge >= 0.3 is 5.97 Å². The molecule has 0 saturated carbocycles. The van der Waals surface area contributed by atoms with Gasteiger partial charge in [-0.3, -0.25) is 19.5 Å². The number of aliphatic hydroxyl groups is 1. The van der Waals surface area contributed by atoms with Gasteiger partial charge in [0, 0.05) is 38.3 Å². The summed E-state index contributed by atoms with van der Waals surface area (Å²) in [6.07, 6.45) is 3.44. The molecule has 0 unspecified atom stereocenters. The van der Waals surface area contributed by atoms with Crippen LogP contribution in [0.5, 0.6) is 0 Å². The Labute approximate surface area is 123 Å². The number of aromatic nitrogens is 1. The molecule has 1 fully saturated rings. The molecule has 21 heavy (non-hydrogen) atoms. The highest BCUT2D eigenvalue weighted by Gasteiger charge is 2.34. The Morgan fingerprint density at radius 1 is 1.48 bits per heavy atom. The number of pyridine rings is 1. The van der Waals surface area contributed by atoms with E-state index in [1.807, 2.05) is 0 Å². The van der Waals surface area contributed by atoms with Gasteiger partial charge in [0.05, 0.1) is 5.60 Å². The summed E-state index contributed by atoms with van der Waals surface area (Å²) < 4.78 is 4.92. The third kappa shape index (κ3) is 4.09. The Balaban J connectivity index is 1.88. The lowest BCUT2D eigenvalue weighted by molar-refractivity contribution is -0.141. The minimum atomic E-state index is -0.896. The van der Waals surface area contributed by atoms with Crippen molar-refractivity contribution in [2.45, 2.75) is 25.4 Å². The number of likely N-dealkylation sites (tertiary alicyclic amines) is 1. The van der Waals surface area contributed by atoms with Crippen molar-refractivity contribution < 1.29 is 19.4 Å². The molecule has 2 rings (SSSR count). The molecule has 0 spiro atoms. The van der Waals surface area contributed by atoms with Gasteiger partial charge in [0.2, 0.25) is 0 Å². The quantitative estimate of drug-likeness (QED) is 0.637. The number of hydrogen-bond acceptors (Lipinski definition) is 6. The fourth-order valence-corrected chi connectivity index (χ4v) is 2.50. The van der Waals surface area contributed by atoms with Crippen molar-refractivity contribution in [3.8, 4) is 0 Å². The van der Waals surface area contributed by atoms with Gasteiger partial charge in [-0.25, -0.2) is 0 Å². The van der Waals surface area contributed by atoms with E-state index in [9.17, 15) is 14.7 Å².